The molecule has 0 aliphatic carbocycles. The van der Waals surface area contributed by atoms with Crippen LogP contribution in [0.15, 0.2) is 97.1 Å². The van der Waals surface area contributed by atoms with Gasteiger partial charge in [-0.25, -0.2) is 14.0 Å². The quantitative estimate of drug-likeness (QED) is 0.117. The van der Waals surface area contributed by atoms with E-state index >= 15 is 0 Å². The van der Waals surface area contributed by atoms with Crippen LogP contribution in [0.2, 0.25) is 0 Å². The molecule has 1 atom stereocenters. The fraction of sp³-hybridized carbons (Fsp3) is 0.222. The summed E-state index contributed by atoms with van der Waals surface area (Å²) >= 11 is 0. The molecule has 0 aliphatic rings. The van der Waals surface area contributed by atoms with Crippen LogP contribution in [0.4, 0.5) is 17.6 Å². The summed E-state index contributed by atoms with van der Waals surface area (Å²) in [6.45, 7) is 0.00213. The molecule has 0 fully saturated rings. The molecule has 9 heteroatoms. The predicted molar refractivity (Wildman–Crippen MR) is 162 cm³/mol. The molecule has 4 aromatic rings. The molecule has 0 heterocycles. The minimum atomic E-state index is -4.43. The molecular weight excluding hydrogens is 588 g/mol. The third-order valence-corrected chi connectivity index (χ3v) is 7.25. The van der Waals surface area contributed by atoms with E-state index in [1.165, 1.54) is 44.6 Å². The van der Waals surface area contributed by atoms with Crippen LogP contribution in [0, 0.1) is 11.7 Å². The summed E-state index contributed by atoms with van der Waals surface area (Å²) in [5, 5.41) is 0. The first-order valence-corrected chi connectivity index (χ1v) is 14.2. The predicted octanol–water partition coefficient (Wildman–Crippen LogP) is 8.50. The van der Waals surface area contributed by atoms with E-state index in [9.17, 15) is 27.2 Å². The van der Waals surface area contributed by atoms with Crippen LogP contribution >= 0.6 is 0 Å². The van der Waals surface area contributed by atoms with E-state index in [0.717, 1.165) is 23.3 Å². The zero-order valence-electron chi connectivity index (χ0n) is 24.8. The molecule has 0 amide bonds. The Morgan fingerprint density at radius 1 is 0.756 bits per heavy atom. The average molecular weight is 621 g/mol. The molecule has 0 N–H and O–H groups in total. The molecule has 5 nitrogen and oxygen atoms in total. The van der Waals surface area contributed by atoms with E-state index in [-0.39, 0.29) is 12.5 Å². The minimum Gasteiger partial charge on any atom is -0.488 e. The van der Waals surface area contributed by atoms with Crippen molar-refractivity contribution in [3.63, 3.8) is 0 Å². The second-order valence-corrected chi connectivity index (χ2v) is 10.4. The van der Waals surface area contributed by atoms with Crippen molar-refractivity contribution in [1.82, 2.24) is 0 Å². The Kier molecular flexibility index (Phi) is 11.1. The van der Waals surface area contributed by atoms with Crippen molar-refractivity contribution in [2.45, 2.75) is 32.0 Å². The molecular formula is C36H32F4O5. The number of carbonyl (C=O) groups is 2. The van der Waals surface area contributed by atoms with Crippen LogP contribution in [0.1, 0.15) is 55.0 Å². The lowest BCUT2D eigenvalue weighted by atomic mass is 9.91. The number of rotatable bonds is 12. The fourth-order valence-corrected chi connectivity index (χ4v) is 4.71. The Morgan fingerprint density at radius 3 is 1.87 bits per heavy atom. The third kappa shape index (κ3) is 9.53. The highest BCUT2D eigenvalue weighted by Gasteiger charge is 2.29. The van der Waals surface area contributed by atoms with E-state index in [0.29, 0.717) is 47.3 Å². The van der Waals surface area contributed by atoms with E-state index in [4.69, 9.17) is 14.2 Å². The highest BCUT2D eigenvalue weighted by Crippen LogP contribution is 2.30. The Hall–Kier alpha value is -4.92. The van der Waals surface area contributed by atoms with Crippen molar-refractivity contribution < 1.29 is 41.4 Å². The number of esters is 2. The first-order chi connectivity index (χ1) is 21.5. The van der Waals surface area contributed by atoms with Crippen molar-refractivity contribution in [2.75, 3.05) is 14.2 Å². The molecule has 45 heavy (non-hydrogen) atoms. The van der Waals surface area contributed by atoms with Gasteiger partial charge in [-0.3, -0.25) is 0 Å². The van der Waals surface area contributed by atoms with Crippen LogP contribution in [0.5, 0.6) is 5.75 Å². The summed E-state index contributed by atoms with van der Waals surface area (Å²) in [4.78, 5) is 23.6. The van der Waals surface area contributed by atoms with E-state index in [2.05, 4.69) is 0 Å². The molecule has 0 spiro atoms. The van der Waals surface area contributed by atoms with Gasteiger partial charge < -0.3 is 14.2 Å². The van der Waals surface area contributed by atoms with Crippen LogP contribution in [-0.2, 0) is 35.1 Å². The van der Waals surface area contributed by atoms with Crippen molar-refractivity contribution >= 4 is 18.0 Å². The number of halogens is 4. The minimum absolute atomic E-state index is 0.00213. The van der Waals surface area contributed by atoms with E-state index in [1.54, 1.807) is 30.3 Å². The summed E-state index contributed by atoms with van der Waals surface area (Å²) in [6, 6.07) is 23.1. The Bertz CT molecular complexity index is 1610. The number of alkyl halides is 3. The molecule has 234 valence electrons. The van der Waals surface area contributed by atoms with Crippen LogP contribution in [0.3, 0.4) is 0 Å². The molecule has 1 unspecified atom stereocenters. The number of methoxy groups -OCH3 is 2. The van der Waals surface area contributed by atoms with Gasteiger partial charge in [0, 0.05) is 5.56 Å². The number of ether oxygens (including phenoxy) is 3. The topological polar surface area (TPSA) is 61.8 Å². The van der Waals surface area contributed by atoms with Gasteiger partial charge in [0.25, 0.3) is 0 Å². The third-order valence-electron chi connectivity index (χ3n) is 7.25. The summed E-state index contributed by atoms with van der Waals surface area (Å²) in [6.07, 6.45) is 1.34. The van der Waals surface area contributed by atoms with Gasteiger partial charge in [-0.15, -0.1) is 0 Å². The lowest BCUT2D eigenvalue weighted by Crippen LogP contribution is -2.06. The van der Waals surface area contributed by atoms with Crippen molar-refractivity contribution in [1.29, 1.82) is 0 Å². The van der Waals surface area contributed by atoms with E-state index < -0.39 is 29.5 Å². The Morgan fingerprint density at radius 2 is 1.31 bits per heavy atom. The Balaban J connectivity index is 1.52. The zero-order chi connectivity index (χ0) is 32.4. The molecule has 0 bridgehead atoms. The highest BCUT2D eigenvalue weighted by molar-refractivity contribution is 5.89. The number of benzene rings is 4. The molecule has 0 saturated carbocycles. The van der Waals surface area contributed by atoms with Gasteiger partial charge in [0.05, 0.1) is 30.9 Å². The average Bonchev–Trinajstić information content (AvgIpc) is 3.05. The normalized spacial score (nSPS) is 12.1. The molecule has 4 rings (SSSR count). The molecule has 0 aliphatic heterocycles. The SMILES string of the molecule is COC(=O)c1ccc(CCC(/C=C/c2cc(F)ccc2OCc2ccc(C(F)(F)F)cc2)Cc2ccc(C(=O)OC)cc2)cc1. The van der Waals surface area contributed by atoms with Gasteiger partial charge in [0.1, 0.15) is 18.2 Å². The number of carbonyl (C=O) groups excluding carboxylic acids is 2. The van der Waals surface area contributed by atoms with E-state index in [1.807, 2.05) is 30.3 Å². The zero-order valence-corrected chi connectivity index (χ0v) is 24.8. The summed E-state index contributed by atoms with van der Waals surface area (Å²) in [5.74, 6) is -0.933. The number of allylic oxidation sites excluding steroid dienone is 1. The maximum atomic E-state index is 14.3. The maximum Gasteiger partial charge on any atom is 0.416 e. The van der Waals surface area contributed by atoms with Crippen molar-refractivity contribution in [2.24, 2.45) is 5.92 Å². The summed E-state index contributed by atoms with van der Waals surface area (Å²) in [7, 11) is 2.65. The summed E-state index contributed by atoms with van der Waals surface area (Å²) in [5.41, 5.74) is 3.17. The molecule has 4 aromatic carbocycles. The number of hydrogen-bond donors (Lipinski definition) is 0. The van der Waals surface area contributed by atoms with Gasteiger partial charge in [0.2, 0.25) is 0 Å². The van der Waals surface area contributed by atoms with Gasteiger partial charge in [0.15, 0.2) is 0 Å². The smallest absolute Gasteiger partial charge is 0.416 e. The standard InChI is InChI=1S/C36H32F4O5/c1-43-34(41)28-12-5-24(6-13-28)3-4-25(21-26-7-14-29(15-8-26)35(42)44-2)9-16-30-22-32(37)19-20-33(30)45-23-27-10-17-31(18-11-27)36(38,39)40/h5-20,22,25H,3-4,21,23H2,1-2H3/b16-9+. The lowest BCUT2D eigenvalue weighted by molar-refractivity contribution is -0.137. The molecule has 0 radical (unpaired) electrons. The lowest BCUT2D eigenvalue weighted by Gasteiger charge is -2.15. The first-order valence-electron chi connectivity index (χ1n) is 14.2. The van der Waals surface area contributed by atoms with Gasteiger partial charge in [-0.05, 0) is 96.5 Å². The second kappa shape index (κ2) is 15.2. The summed E-state index contributed by atoms with van der Waals surface area (Å²) < 4.78 is 68.5. The van der Waals surface area contributed by atoms with Crippen molar-refractivity contribution in [3.05, 3.63) is 142 Å². The molecule has 0 saturated heterocycles. The molecule has 0 aromatic heterocycles. The van der Waals surface area contributed by atoms with Gasteiger partial charge >= 0.3 is 18.1 Å². The maximum absolute atomic E-state index is 14.3. The van der Waals surface area contributed by atoms with Crippen LogP contribution in [0.25, 0.3) is 6.08 Å². The fourth-order valence-electron chi connectivity index (χ4n) is 4.71. The van der Waals surface area contributed by atoms with Crippen LogP contribution in [-0.4, -0.2) is 26.2 Å². The number of hydrogen-bond acceptors (Lipinski definition) is 5. The van der Waals surface area contributed by atoms with Crippen molar-refractivity contribution in [3.8, 4) is 5.75 Å². The second-order valence-electron chi connectivity index (χ2n) is 10.4. The highest BCUT2D eigenvalue weighted by atomic mass is 19.4. The van der Waals surface area contributed by atoms with Crippen LogP contribution < -0.4 is 4.74 Å². The number of aryl methyl sites for hydroxylation is 1. The Labute approximate surface area is 259 Å². The van der Waals surface area contributed by atoms with Gasteiger partial charge in [-0.2, -0.15) is 13.2 Å². The monoisotopic (exact) mass is 620 g/mol. The first kappa shape index (κ1) is 33.0. The van der Waals surface area contributed by atoms with Gasteiger partial charge in [-0.1, -0.05) is 48.6 Å². The largest absolute Gasteiger partial charge is 0.488 e.